The maximum absolute atomic E-state index is 5.83. The Morgan fingerprint density at radius 3 is 2.75 bits per heavy atom. The Morgan fingerprint density at radius 1 is 0.950 bits per heavy atom. The number of aryl methyl sites for hydroxylation is 1. The van der Waals surface area contributed by atoms with Gasteiger partial charge in [-0.3, -0.25) is 0 Å². The summed E-state index contributed by atoms with van der Waals surface area (Å²) >= 11 is 0. The van der Waals surface area contributed by atoms with E-state index in [1.165, 1.54) is 40.8 Å². The van der Waals surface area contributed by atoms with Crippen LogP contribution < -0.4 is 10.1 Å². The van der Waals surface area contributed by atoms with E-state index in [4.69, 9.17) is 4.74 Å². The van der Waals surface area contributed by atoms with Crippen LogP contribution in [0, 0.1) is 0 Å². The van der Waals surface area contributed by atoms with E-state index >= 15 is 0 Å². The van der Waals surface area contributed by atoms with Crippen molar-refractivity contribution in [1.82, 2.24) is 0 Å². The van der Waals surface area contributed by atoms with Gasteiger partial charge in [0.1, 0.15) is 5.75 Å². The van der Waals surface area contributed by atoms with Gasteiger partial charge < -0.3 is 10.1 Å². The summed E-state index contributed by atoms with van der Waals surface area (Å²) in [5.41, 5.74) is 6.89. The fraction of sp³-hybridized carbons (Fsp3) is 0.333. The number of ether oxygens (including phenoxy) is 1. The largest absolute Gasteiger partial charge is 0.493 e. The third-order valence-electron chi connectivity index (χ3n) is 4.34. The lowest BCUT2D eigenvalue weighted by Crippen LogP contribution is -2.13. The third-order valence-corrected chi connectivity index (χ3v) is 4.34. The van der Waals surface area contributed by atoms with Gasteiger partial charge in [-0.2, -0.15) is 0 Å². The molecule has 0 saturated carbocycles. The minimum Gasteiger partial charge on any atom is -0.493 e. The molecule has 0 saturated heterocycles. The molecule has 0 aromatic heterocycles. The summed E-state index contributed by atoms with van der Waals surface area (Å²) in [4.78, 5) is 0. The Bertz CT molecular complexity index is 648. The van der Waals surface area contributed by atoms with Crippen molar-refractivity contribution in [3.05, 3.63) is 58.7 Å². The van der Waals surface area contributed by atoms with Gasteiger partial charge in [0.25, 0.3) is 0 Å². The first-order valence-electron chi connectivity index (χ1n) is 7.50. The molecule has 2 aliphatic heterocycles. The van der Waals surface area contributed by atoms with E-state index in [2.05, 4.69) is 41.7 Å². The van der Waals surface area contributed by atoms with Gasteiger partial charge in [-0.25, -0.2) is 0 Å². The van der Waals surface area contributed by atoms with Gasteiger partial charge in [-0.05, 0) is 35.1 Å². The normalized spacial score (nSPS) is 16.0. The molecule has 0 amide bonds. The van der Waals surface area contributed by atoms with E-state index in [0.29, 0.717) is 0 Å². The minimum atomic E-state index is 0.831. The average Bonchev–Trinajstić information content (AvgIpc) is 2.97. The summed E-state index contributed by atoms with van der Waals surface area (Å²) in [5, 5.41) is 3.58. The van der Waals surface area contributed by atoms with Crippen LogP contribution in [0.15, 0.2) is 36.4 Å². The SMILES string of the molecule is c1cc2c(c(Cc3cccc4c3OCC4)c1)NCCC2. The van der Waals surface area contributed by atoms with Crippen LogP contribution in [0.3, 0.4) is 0 Å². The number of anilines is 1. The molecular formula is C18H19NO. The molecule has 0 fully saturated rings. The van der Waals surface area contributed by atoms with E-state index in [0.717, 1.165) is 31.7 Å². The third kappa shape index (κ3) is 1.96. The summed E-state index contributed by atoms with van der Waals surface area (Å²) in [6.07, 6.45) is 4.44. The predicted octanol–water partition coefficient (Wildman–Crippen LogP) is 3.57. The summed E-state index contributed by atoms with van der Waals surface area (Å²) in [5.74, 6) is 1.13. The van der Waals surface area contributed by atoms with Crippen LogP contribution in [0.4, 0.5) is 5.69 Å². The Balaban J connectivity index is 1.72. The fourth-order valence-corrected chi connectivity index (χ4v) is 3.36. The summed E-state index contributed by atoms with van der Waals surface area (Å²) in [6.45, 7) is 1.92. The van der Waals surface area contributed by atoms with Gasteiger partial charge in [-0.1, -0.05) is 36.4 Å². The first-order chi connectivity index (χ1) is 9.92. The van der Waals surface area contributed by atoms with E-state index < -0.39 is 0 Å². The Morgan fingerprint density at radius 2 is 1.80 bits per heavy atom. The molecule has 2 heteroatoms. The van der Waals surface area contributed by atoms with Crippen LogP contribution in [-0.2, 0) is 19.3 Å². The summed E-state index contributed by atoms with van der Waals surface area (Å²) in [7, 11) is 0. The second-order valence-corrected chi connectivity index (χ2v) is 5.66. The fourth-order valence-electron chi connectivity index (χ4n) is 3.36. The van der Waals surface area contributed by atoms with Gasteiger partial charge in [0, 0.05) is 25.1 Å². The lowest BCUT2D eigenvalue weighted by molar-refractivity contribution is 0.354. The molecule has 2 nitrogen and oxygen atoms in total. The number of hydrogen-bond acceptors (Lipinski definition) is 2. The van der Waals surface area contributed by atoms with Gasteiger partial charge in [0.15, 0.2) is 0 Å². The standard InChI is InChI=1S/C18H19NO/c1-4-13-8-3-10-19-17(13)15(6-1)12-16-7-2-5-14-9-11-20-18(14)16/h1-2,4-7,19H,3,8-12H2. The topological polar surface area (TPSA) is 21.3 Å². The number of fused-ring (bicyclic) bond motifs is 2. The van der Waals surface area contributed by atoms with Crippen LogP contribution in [0.25, 0.3) is 0 Å². The average molecular weight is 265 g/mol. The highest BCUT2D eigenvalue weighted by atomic mass is 16.5. The van der Waals surface area contributed by atoms with E-state index in [1.807, 2.05) is 0 Å². The molecule has 2 aliphatic rings. The lowest BCUT2D eigenvalue weighted by Gasteiger charge is -2.21. The maximum Gasteiger partial charge on any atom is 0.126 e. The molecule has 0 spiro atoms. The van der Waals surface area contributed by atoms with Gasteiger partial charge >= 0.3 is 0 Å². The van der Waals surface area contributed by atoms with Gasteiger partial charge in [-0.15, -0.1) is 0 Å². The summed E-state index contributed by atoms with van der Waals surface area (Å²) < 4.78 is 5.83. The van der Waals surface area contributed by atoms with E-state index in [9.17, 15) is 0 Å². The van der Waals surface area contributed by atoms with Crippen molar-refractivity contribution >= 4 is 5.69 Å². The Kier molecular flexibility index (Phi) is 2.87. The summed E-state index contributed by atoms with van der Waals surface area (Å²) in [6, 6.07) is 13.2. The first kappa shape index (κ1) is 11.8. The van der Waals surface area contributed by atoms with Crippen molar-refractivity contribution in [2.75, 3.05) is 18.5 Å². The van der Waals surface area contributed by atoms with E-state index in [-0.39, 0.29) is 0 Å². The van der Waals surface area contributed by atoms with Crippen molar-refractivity contribution in [2.24, 2.45) is 0 Å². The van der Waals surface area contributed by atoms with Crippen LogP contribution in [0.1, 0.15) is 28.7 Å². The number of nitrogens with one attached hydrogen (secondary N) is 1. The lowest BCUT2D eigenvalue weighted by atomic mass is 9.94. The molecule has 102 valence electrons. The van der Waals surface area contributed by atoms with Crippen molar-refractivity contribution in [2.45, 2.75) is 25.7 Å². The molecule has 2 aromatic carbocycles. The molecule has 4 rings (SSSR count). The zero-order valence-corrected chi connectivity index (χ0v) is 11.6. The predicted molar refractivity (Wildman–Crippen MR) is 81.7 cm³/mol. The number of para-hydroxylation sites is 2. The zero-order chi connectivity index (χ0) is 13.4. The zero-order valence-electron chi connectivity index (χ0n) is 11.6. The quantitative estimate of drug-likeness (QED) is 0.896. The Labute approximate surface area is 119 Å². The number of hydrogen-bond donors (Lipinski definition) is 1. The molecule has 0 aliphatic carbocycles. The highest BCUT2D eigenvalue weighted by Crippen LogP contribution is 2.34. The molecule has 20 heavy (non-hydrogen) atoms. The van der Waals surface area contributed by atoms with Crippen molar-refractivity contribution in [3.63, 3.8) is 0 Å². The monoisotopic (exact) mass is 265 g/mol. The van der Waals surface area contributed by atoms with Crippen molar-refractivity contribution in [3.8, 4) is 5.75 Å². The molecule has 0 bridgehead atoms. The molecule has 0 unspecified atom stereocenters. The maximum atomic E-state index is 5.83. The van der Waals surface area contributed by atoms with Crippen LogP contribution in [0.2, 0.25) is 0 Å². The second-order valence-electron chi connectivity index (χ2n) is 5.66. The number of benzene rings is 2. The molecule has 0 atom stereocenters. The molecule has 1 N–H and O–H groups in total. The smallest absolute Gasteiger partial charge is 0.126 e. The van der Waals surface area contributed by atoms with Crippen molar-refractivity contribution in [1.29, 1.82) is 0 Å². The van der Waals surface area contributed by atoms with E-state index in [1.54, 1.807) is 0 Å². The Hall–Kier alpha value is -1.96. The molecular weight excluding hydrogens is 246 g/mol. The highest BCUT2D eigenvalue weighted by molar-refractivity contribution is 5.61. The number of rotatable bonds is 2. The first-order valence-corrected chi connectivity index (χ1v) is 7.50. The van der Waals surface area contributed by atoms with Gasteiger partial charge in [0.05, 0.1) is 6.61 Å². The second kappa shape index (κ2) is 4.86. The van der Waals surface area contributed by atoms with Gasteiger partial charge in [0.2, 0.25) is 0 Å². The molecule has 2 heterocycles. The molecule has 2 aromatic rings. The van der Waals surface area contributed by atoms with Crippen molar-refractivity contribution < 1.29 is 4.74 Å². The van der Waals surface area contributed by atoms with Crippen LogP contribution >= 0.6 is 0 Å². The molecule has 0 radical (unpaired) electrons. The highest BCUT2D eigenvalue weighted by Gasteiger charge is 2.18. The minimum absolute atomic E-state index is 0.831. The van der Waals surface area contributed by atoms with Crippen LogP contribution in [0.5, 0.6) is 5.75 Å². The van der Waals surface area contributed by atoms with Crippen LogP contribution in [-0.4, -0.2) is 13.2 Å².